The van der Waals surface area contributed by atoms with Gasteiger partial charge in [0.05, 0.1) is 12.6 Å². The van der Waals surface area contributed by atoms with Gasteiger partial charge in [0.25, 0.3) is 0 Å². The number of aliphatic hydroxyl groups is 1. The van der Waals surface area contributed by atoms with Crippen LogP contribution in [0.4, 0.5) is 0 Å². The number of nitrogens with one attached hydrogen (secondary N) is 1. The zero-order valence-corrected chi connectivity index (χ0v) is 9.09. The van der Waals surface area contributed by atoms with Crippen LogP contribution in [0.25, 0.3) is 0 Å². The molecule has 1 aliphatic carbocycles. The maximum absolute atomic E-state index is 9.30. The first-order valence-electron chi connectivity index (χ1n) is 5.30. The van der Waals surface area contributed by atoms with Gasteiger partial charge in [-0.25, -0.2) is 0 Å². The lowest BCUT2D eigenvalue weighted by molar-refractivity contribution is 0.235. The van der Waals surface area contributed by atoms with E-state index < -0.39 is 0 Å². The summed E-state index contributed by atoms with van der Waals surface area (Å²) in [5.74, 6) is 0. The van der Waals surface area contributed by atoms with Crippen LogP contribution in [0.15, 0.2) is 17.5 Å². The molecule has 0 bridgehead atoms. The van der Waals surface area contributed by atoms with Gasteiger partial charge in [0.2, 0.25) is 0 Å². The molecule has 1 atom stereocenters. The van der Waals surface area contributed by atoms with E-state index >= 15 is 0 Å². The normalized spacial score (nSPS) is 20.1. The van der Waals surface area contributed by atoms with E-state index in [4.69, 9.17) is 0 Å². The van der Waals surface area contributed by atoms with E-state index in [-0.39, 0.29) is 12.6 Å². The quantitative estimate of drug-likeness (QED) is 0.801. The number of thiophene rings is 1. The Morgan fingerprint density at radius 3 is 2.86 bits per heavy atom. The second-order valence-electron chi connectivity index (χ2n) is 3.90. The van der Waals surface area contributed by atoms with Crippen molar-refractivity contribution in [3.8, 4) is 0 Å². The standard InChI is InChI=1S/C11H17NOS/c13-8-10(11-6-3-7-14-11)12-9-4-1-2-5-9/h3,6-7,9-10,12-13H,1-2,4-5,8H2. The first-order valence-corrected chi connectivity index (χ1v) is 6.18. The lowest BCUT2D eigenvalue weighted by Gasteiger charge is -2.19. The van der Waals surface area contributed by atoms with Crippen molar-refractivity contribution in [3.05, 3.63) is 22.4 Å². The molecule has 1 fully saturated rings. The van der Waals surface area contributed by atoms with Gasteiger partial charge >= 0.3 is 0 Å². The highest BCUT2D eigenvalue weighted by Crippen LogP contribution is 2.24. The van der Waals surface area contributed by atoms with Crippen LogP contribution in [0.2, 0.25) is 0 Å². The SMILES string of the molecule is OCC(NC1CCCC1)c1cccs1. The molecule has 1 heterocycles. The van der Waals surface area contributed by atoms with Crippen molar-refractivity contribution >= 4 is 11.3 Å². The van der Waals surface area contributed by atoms with Crippen LogP contribution < -0.4 is 5.32 Å². The highest BCUT2D eigenvalue weighted by atomic mass is 32.1. The van der Waals surface area contributed by atoms with Gasteiger partial charge < -0.3 is 10.4 Å². The van der Waals surface area contributed by atoms with Crippen LogP contribution in [0, 0.1) is 0 Å². The summed E-state index contributed by atoms with van der Waals surface area (Å²) in [7, 11) is 0. The van der Waals surface area contributed by atoms with Gasteiger partial charge in [0.1, 0.15) is 0 Å². The Morgan fingerprint density at radius 1 is 1.50 bits per heavy atom. The first-order chi connectivity index (χ1) is 6.90. The minimum absolute atomic E-state index is 0.151. The van der Waals surface area contributed by atoms with Crippen LogP contribution in [0.5, 0.6) is 0 Å². The molecule has 0 spiro atoms. The Bertz CT molecular complexity index is 254. The van der Waals surface area contributed by atoms with Gasteiger partial charge in [-0.3, -0.25) is 0 Å². The third-order valence-corrected chi connectivity index (χ3v) is 3.85. The molecule has 1 aliphatic rings. The molecule has 0 aliphatic heterocycles. The van der Waals surface area contributed by atoms with Gasteiger partial charge in [-0.05, 0) is 24.3 Å². The van der Waals surface area contributed by atoms with Crippen LogP contribution in [0.1, 0.15) is 36.6 Å². The molecule has 1 unspecified atom stereocenters. The molecule has 2 rings (SSSR count). The molecule has 0 aromatic carbocycles. The molecule has 78 valence electrons. The highest BCUT2D eigenvalue weighted by Gasteiger charge is 2.19. The molecule has 1 aromatic heterocycles. The number of aliphatic hydroxyl groups excluding tert-OH is 1. The van der Waals surface area contributed by atoms with E-state index in [1.807, 2.05) is 6.07 Å². The maximum Gasteiger partial charge on any atom is 0.0651 e. The van der Waals surface area contributed by atoms with Gasteiger partial charge in [-0.1, -0.05) is 18.9 Å². The fraction of sp³-hybridized carbons (Fsp3) is 0.636. The zero-order valence-electron chi connectivity index (χ0n) is 8.28. The average Bonchev–Trinajstić information content (AvgIpc) is 2.86. The Balaban J connectivity index is 1.93. The van der Waals surface area contributed by atoms with Crippen molar-refractivity contribution in [2.45, 2.75) is 37.8 Å². The van der Waals surface area contributed by atoms with Crippen molar-refractivity contribution in [3.63, 3.8) is 0 Å². The molecule has 0 amide bonds. The van der Waals surface area contributed by atoms with E-state index in [9.17, 15) is 5.11 Å². The molecule has 1 saturated carbocycles. The molecular weight excluding hydrogens is 194 g/mol. The molecular formula is C11H17NOS. The smallest absolute Gasteiger partial charge is 0.0651 e. The van der Waals surface area contributed by atoms with Crippen LogP contribution in [-0.2, 0) is 0 Å². The summed E-state index contributed by atoms with van der Waals surface area (Å²) in [5, 5.41) is 14.9. The van der Waals surface area contributed by atoms with Crippen molar-refractivity contribution in [2.24, 2.45) is 0 Å². The summed E-state index contributed by atoms with van der Waals surface area (Å²) < 4.78 is 0. The van der Waals surface area contributed by atoms with E-state index in [0.29, 0.717) is 6.04 Å². The van der Waals surface area contributed by atoms with E-state index in [2.05, 4.69) is 16.8 Å². The van der Waals surface area contributed by atoms with Gasteiger partial charge in [0, 0.05) is 10.9 Å². The summed E-state index contributed by atoms with van der Waals surface area (Å²) >= 11 is 1.72. The minimum atomic E-state index is 0.151. The molecule has 14 heavy (non-hydrogen) atoms. The Labute approximate surface area is 89.0 Å². The Hall–Kier alpha value is -0.380. The monoisotopic (exact) mass is 211 g/mol. The van der Waals surface area contributed by atoms with E-state index in [0.717, 1.165) is 0 Å². The van der Waals surface area contributed by atoms with Crippen molar-refractivity contribution in [1.29, 1.82) is 0 Å². The van der Waals surface area contributed by atoms with Crippen molar-refractivity contribution < 1.29 is 5.11 Å². The fourth-order valence-electron chi connectivity index (χ4n) is 2.09. The summed E-state index contributed by atoms with van der Waals surface area (Å²) in [4.78, 5) is 1.25. The molecule has 3 heteroatoms. The molecule has 0 saturated heterocycles. The summed E-state index contributed by atoms with van der Waals surface area (Å²) in [6, 6.07) is 4.90. The van der Waals surface area contributed by atoms with Crippen LogP contribution in [-0.4, -0.2) is 17.8 Å². The second kappa shape index (κ2) is 4.91. The largest absolute Gasteiger partial charge is 0.394 e. The zero-order chi connectivity index (χ0) is 9.80. The summed E-state index contributed by atoms with van der Waals surface area (Å²) in [6.07, 6.45) is 5.20. The maximum atomic E-state index is 9.30. The first kappa shape index (κ1) is 10.1. The predicted octanol–water partition coefficient (Wildman–Crippen LogP) is 2.31. The van der Waals surface area contributed by atoms with Gasteiger partial charge in [-0.2, -0.15) is 0 Å². The summed E-state index contributed by atoms with van der Waals surface area (Å²) in [6.45, 7) is 0.205. The third-order valence-electron chi connectivity index (χ3n) is 2.86. The van der Waals surface area contributed by atoms with Crippen molar-refractivity contribution in [1.82, 2.24) is 5.32 Å². The fourth-order valence-corrected chi connectivity index (χ4v) is 2.87. The van der Waals surface area contributed by atoms with Crippen molar-refractivity contribution in [2.75, 3.05) is 6.61 Å². The number of hydrogen-bond donors (Lipinski definition) is 2. The molecule has 2 nitrogen and oxygen atoms in total. The minimum Gasteiger partial charge on any atom is -0.394 e. The third kappa shape index (κ3) is 2.35. The Morgan fingerprint density at radius 2 is 2.29 bits per heavy atom. The lowest BCUT2D eigenvalue weighted by atomic mass is 10.2. The van der Waals surface area contributed by atoms with Crippen LogP contribution >= 0.6 is 11.3 Å². The highest BCUT2D eigenvalue weighted by molar-refractivity contribution is 7.10. The lowest BCUT2D eigenvalue weighted by Crippen LogP contribution is -2.32. The average molecular weight is 211 g/mol. The molecule has 2 N–H and O–H groups in total. The topological polar surface area (TPSA) is 32.3 Å². The van der Waals surface area contributed by atoms with E-state index in [1.165, 1.54) is 30.6 Å². The van der Waals surface area contributed by atoms with Gasteiger partial charge in [-0.15, -0.1) is 11.3 Å². The molecule has 0 radical (unpaired) electrons. The Kier molecular flexibility index (Phi) is 3.56. The van der Waals surface area contributed by atoms with E-state index in [1.54, 1.807) is 11.3 Å². The molecule has 1 aromatic rings. The number of hydrogen-bond acceptors (Lipinski definition) is 3. The van der Waals surface area contributed by atoms with Gasteiger partial charge in [0.15, 0.2) is 0 Å². The van der Waals surface area contributed by atoms with Crippen LogP contribution in [0.3, 0.4) is 0 Å². The second-order valence-corrected chi connectivity index (χ2v) is 4.88. The number of rotatable bonds is 4. The summed E-state index contributed by atoms with van der Waals surface area (Å²) in [5.41, 5.74) is 0. The predicted molar refractivity (Wildman–Crippen MR) is 59.5 cm³/mol.